The minimum absolute atomic E-state index is 0.132. The number of aromatic nitrogens is 4. The highest BCUT2D eigenvalue weighted by Crippen LogP contribution is 2.26. The van der Waals surface area contributed by atoms with E-state index in [9.17, 15) is 0 Å². The molecule has 0 spiro atoms. The fourth-order valence-corrected chi connectivity index (χ4v) is 3.07. The highest BCUT2D eigenvalue weighted by Gasteiger charge is 2.12. The van der Waals surface area contributed by atoms with E-state index >= 15 is 0 Å². The van der Waals surface area contributed by atoms with Gasteiger partial charge in [0.2, 0.25) is 5.88 Å². The number of imidazole rings is 1. The molecule has 0 amide bonds. The Labute approximate surface area is 165 Å². The zero-order valence-corrected chi connectivity index (χ0v) is 16.4. The van der Waals surface area contributed by atoms with Gasteiger partial charge in [0.25, 0.3) is 0 Å². The number of pyridine rings is 1. The van der Waals surface area contributed by atoms with Gasteiger partial charge >= 0.3 is 0 Å². The largest absolute Gasteiger partial charge is 0.497 e. The van der Waals surface area contributed by atoms with Crippen LogP contribution in [-0.2, 0) is 0 Å². The minimum Gasteiger partial charge on any atom is -0.497 e. The van der Waals surface area contributed by atoms with Gasteiger partial charge in [0.1, 0.15) is 23.8 Å². The molecule has 0 saturated heterocycles. The number of halogens is 1. The summed E-state index contributed by atoms with van der Waals surface area (Å²) >= 11 is 3.44. The van der Waals surface area contributed by atoms with E-state index in [2.05, 4.69) is 30.9 Å². The summed E-state index contributed by atoms with van der Waals surface area (Å²) in [5, 5.41) is 0. The molecule has 27 heavy (non-hydrogen) atoms. The predicted octanol–water partition coefficient (Wildman–Crippen LogP) is 4.70. The number of benzene rings is 1. The van der Waals surface area contributed by atoms with Gasteiger partial charge in [-0.15, -0.1) is 0 Å². The first-order valence-corrected chi connectivity index (χ1v) is 9.19. The van der Waals surface area contributed by atoms with E-state index < -0.39 is 0 Å². The average molecular weight is 425 g/mol. The number of ether oxygens (including phenoxy) is 2. The second kappa shape index (κ2) is 7.36. The highest BCUT2D eigenvalue weighted by molar-refractivity contribution is 9.10. The summed E-state index contributed by atoms with van der Waals surface area (Å²) in [5.41, 5.74) is 3.45. The molecule has 1 unspecified atom stereocenters. The van der Waals surface area contributed by atoms with E-state index in [0.29, 0.717) is 5.88 Å². The zero-order valence-electron chi connectivity index (χ0n) is 14.8. The third-order valence-corrected chi connectivity index (χ3v) is 4.79. The molecule has 0 aliphatic carbocycles. The molecule has 6 nitrogen and oxygen atoms in total. The van der Waals surface area contributed by atoms with Gasteiger partial charge in [-0.25, -0.2) is 15.0 Å². The molecule has 1 aromatic carbocycles. The van der Waals surface area contributed by atoms with Gasteiger partial charge in [0.05, 0.1) is 24.7 Å². The van der Waals surface area contributed by atoms with Gasteiger partial charge in [-0.2, -0.15) is 0 Å². The molecule has 3 heterocycles. The molecule has 0 aliphatic heterocycles. The molecular weight excluding hydrogens is 408 g/mol. The maximum absolute atomic E-state index is 6.01. The highest BCUT2D eigenvalue weighted by atomic mass is 79.9. The third-order valence-electron chi connectivity index (χ3n) is 4.26. The molecule has 136 valence electrons. The normalized spacial score (nSPS) is 12.1. The van der Waals surface area contributed by atoms with Crippen molar-refractivity contribution in [2.24, 2.45) is 0 Å². The molecule has 4 aromatic rings. The summed E-state index contributed by atoms with van der Waals surface area (Å²) in [6.07, 6.45) is 5.05. The van der Waals surface area contributed by atoms with E-state index in [1.165, 1.54) is 6.33 Å². The number of fused-ring (bicyclic) bond motifs is 1. The second-order valence-electron chi connectivity index (χ2n) is 5.99. The zero-order chi connectivity index (χ0) is 18.8. The lowest BCUT2D eigenvalue weighted by Crippen LogP contribution is -2.04. The smallest absolute Gasteiger partial charge is 0.217 e. The second-order valence-corrected chi connectivity index (χ2v) is 6.91. The van der Waals surface area contributed by atoms with Crippen molar-refractivity contribution in [3.8, 4) is 23.0 Å². The monoisotopic (exact) mass is 424 g/mol. The summed E-state index contributed by atoms with van der Waals surface area (Å²) < 4.78 is 14.2. The predicted molar refractivity (Wildman–Crippen MR) is 106 cm³/mol. The third kappa shape index (κ3) is 3.64. The summed E-state index contributed by atoms with van der Waals surface area (Å²) in [6.45, 7) is 1.99. The van der Waals surface area contributed by atoms with Crippen LogP contribution in [0.3, 0.4) is 0 Å². The summed E-state index contributed by atoms with van der Waals surface area (Å²) in [6, 6.07) is 13.6. The molecule has 0 aliphatic rings. The fourth-order valence-electron chi connectivity index (χ4n) is 2.81. The summed E-state index contributed by atoms with van der Waals surface area (Å²) in [7, 11) is 1.64. The summed E-state index contributed by atoms with van der Waals surface area (Å²) in [4.78, 5) is 13.1. The fraction of sp³-hybridized carbons (Fsp3) is 0.150. The Morgan fingerprint density at radius 3 is 2.63 bits per heavy atom. The van der Waals surface area contributed by atoms with Crippen LogP contribution in [-0.4, -0.2) is 26.5 Å². The van der Waals surface area contributed by atoms with Crippen LogP contribution in [0.1, 0.15) is 18.6 Å². The van der Waals surface area contributed by atoms with Gasteiger partial charge in [-0.1, -0.05) is 28.1 Å². The van der Waals surface area contributed by atoms with E-state index in [0.717, 1.165) is 32.8 Å². The van der Waals surface area contributed by atoms with E-state index in [-0.39, 0.29) is 6.10 Å². The van der Waals surface area contributed by atoms with Crippen molar-refractivity contribution in [3.05, 3.63) is 71.2 Å². The van der Waals surface area contributed by atoms with Crippen LogP contribution in [0.5, 0.6) is 11.6 Å². The lowest BCUT2D eigenvalue weighted by molar-refractivity contribution is 0.217. The van der Waals surface area contributed by atoms with Crippen LogP contribution in [0.2, 0.25) is 0 Å². The van der Waals surface area contributed by atoms with E-state index in [1.807, 2.05) is 60.0 Å². The molecule has 4 rings (SSSR count). The van der Waals surface area contributed by atoms with Gasteiger partial charge in [0, 0.05) is 22.8 Å². The SMILES string of the molecule is COc1ccn2c(-c3cc(OC(C)c4ccc(Br)cc4)ncn3)cnc2c1. The van der Waals surface area contributed by atoms with Gasteiger partial charge < -0.3 is 9.47 Å². The van der Waals surface area contributed by atoms with Crippen molar-refractivity contribution >= 4 is 21.6 Å². The van der Waals surface area contributed by atoms with Crippen molar-refractivity contribution in [2.45, 2.75) is 13.0 Å². The maximum atomic E-state index is 6.01. The molecule has 0 bridgehead atoms. The van der Waals surface area contributed by atoms with Crippen molar-refractivity contribution in [1.82, 2.24) is 19.4 Å². The standard InChI is InChI=1S/C20H17BrN4O2/c1-13(14-3-5-15(21)6-4-14)27-20-10-17(23-12-24-20)18-11-22-19-9-16(26-2)7-8-25(18)19/h3-13H,1-2H3. The Kier molecular flexibility index (Phi) is 4.77. The number of hydrogen-bond acceptors (Lipinski definition) is 5. The van der Waals surface area contributed by atoms with Crippen LogP contribution >= 0.6 is 15.9 Å². The van der Waals surface area contributed by atoms with Crippen LogP contribution in [0, 0.1) is 0 Å². The van der Waals surface area contributed by atoms with Crippen molar-refractivity contribution in [2.75, 3.05) is 7.11 Å². The molecule has 1 atom stereocenters. The first-order valence-electron chi connectivity index (χ1n) is 8.39. The Hall–Kier alpha value is -2.93. The van der Waals surface area contributed by atoms with Crippen LogP contribution in [0.25, 0.3) is 17.0 Å². The summed E-state index contributed by atoms with van der Waals surface area (Å²) in [5.74, 6) is 1.27. The lowest BCUT2D eigenvalue weighted by Gasteiger charge is -2.14. The molecule has 0 saturated carbocycles. The quantitative estimate of drug-likeness (QED) is 0.464. The lowest BCUT2D eigenvalue weighted by atomic mass is 10.1. The van der Waals surface area contributed by atoms with Gasteiger partial charge in [-0.3, -0.25) is 4.40 Å². The topological polar surface area (TPSA) is 61.5 Å². The van der Waals surface area contributed by atoms with E-state index in [1.54, 1.807) is 13.3 Å². The molecule has 0 N–H and O–H groups in total. The number of methoxy groups -OCH3 is 1. The van der Waals surface area contributed by atoms with E-state index in [4.69, 9.17) is 9.47 Å². The van der Waals surface area contributed by atoms with Crippen molar-refractivity contribution in [3.63, 3.8) is 0 Å². The Balaban J connectivity index is 1.62. The molecule has 3 aromatic heterocycles. The first-order chi connectivity index (χ1) is 13.1. The van der Waals surface area contributed by atoms with Crippen molar-refractivity contribution in [1.29, 1.82) is 0 Å². The first kappa shape index (κ1) is 17.5. The van der Waals surface area contributed by atoms with Crippen LogP contribution in [0.4, 0.5) is 0 Å². The Morgan fingerprint density at radius 2 is 1.85 bits per heavy atom. The van der Waals surface area contributed by atoms with Crippen LogP contribution < -0.4 is 9.47 Å². The number of nitrogens with zero attached hydrogens (tertiary/aromatic N) is 4. The minimum atomic E-state index is -0.132. The Morgan fingerprint density at radius 1 is 1.04 bits per heavy atom. The van der Waals surface area contributed by atoms with Crippen molar-refractivity contribution < 1.29 is 9.47 Å². The molecular formula is C20H17BrN4O2. The van der Waals surface area contributed by atoms with Crippen LogP contribution in [0.15, 0.2) is 65.7 Å². The number of hydrogen-bond donors (Lipinski definition) is 0. The maximum Gasteiger partial charge on any atom is 0.217 e. The average Bonchev–Trinajstić information content (AvgIpc) is 3.11. The molecule has 0 fully saturated rings. The van der Waals surface area contributed by atoms with Gasteiger partial charge in [-0.05, 0) is 30.7 Å². The van der Waals surface area contributed by atoms with Gasteiger partial charge in [0.15, 0.2) is 0 Å². The number of rotatable bonds is 5. The Bertz CT molecular complexity index is 1080. The molecule has 0 radical (unpaired) electrons. The molecule has 7 heteroatoms.